The molecule has 0 radical (unpaired) electrons. The Morgan fingerprint density at radius 3 is 1.60 bits per heavy atom. The molecule has 0 aromatic heterocycles. The standard InChI is InChI=1S/C50H60N2/c1-5-14-39(15-6-1)36-42-26-32-51(33-27-42)30-11-3-9-18-41-22-24-46-47-21-13-20-45-44(23-25-48(50(45)47)49(46)38-41)19-10-4-12-31-52-34-28-43(29-35-52)37-40-16-7-2-8-17-40/h1-2,5-8,13-17,20-25,38,42-43H,3-4,9-12,18-19,26-37H2. The molecular weight excluding hydrogens is 629 g/mol. The van der Waals surface area contributed by atoms with E-state index < -0.39 is 0 Å². The zero-order chi connectivity index (χ0) is 35.0. The van der Waals surface area contributed by atoms with Crippen LogP contribution in [-0.2, 0) is 25.7 Å². The van der Waals surface area contributed by atoms with E-state index in [-0.39, 0.29) is 0 Å². The normalized spacial score (nSPS) is 16.8. The summed E-state index contributed by atoms with van der Waals surface area (Å²) < 4.78 is 0. The lowest BCUT2D eigenvalue weighted by Gasteiger charge is -2.32. The molecule has 3 aliphatic rings. The van der Waals surface area contributed by atoms with Crippen LogP contribution < -0.4 is 0 Å². The second-order valence-corrected chi connectivity index (χ2v) is 16.5. The summed E-state index contributed by atoms with van der Waals surface area (Å²) in [6, 6.07) is 41.5. The third kappa shape index (κ3) is 8.73. The number of likely N-dealkylation sites (tertiary alicyclic amines) is 2. The maximum atomic E-state index is 2.73. The summed E-state index contributed by atoms with van der Waals surface area (Å²) in [6.07, 6.45) is 18.2. The van der Waals surface area contributed by atoms with Gasteiger partial charge in [0.15, 0.2) is 0 Å². The minimum Gasteiger partial charge on any atom is -0.303 e. The molecule has 0 unspecified atom stereocenters. The molecule has 0 spiro atoms. The molecule has 2 saturated heterocycles. The topological polar surface area (TPSA) is 6.48 Å². The van der Waals surface area contributed by atoms with Gasteiger partial charge in [-0.15, -0.1) is 0 Å². The highest BCUT2D eigenvalue weighted by molar-refractivity contribution is 6.16. The van der Waals surface area contributed by atoms with E-state index in [1.54, 1.807) is 0 Å². The first-order chi connectivity index (χ1) is 25.8. The van der Waals surface area contributed by atoms with Crippen molar-refractivity contribution in [2.45, 2.75) is 89.9 Å². The molecule has 0 N–H and O–H groups in total. The number of nitrogens with zero attached hydrogens (tertiary/aromatic N) is 2. The van der Waals surface area contributed by atoms with Gasteiger partial charge >= 0.3 is 0 Å². The summed E-state index contributed by atoms with van der Waals surface area (Å²) in [5, 5.41) is 2.98. The van der Waals surface area contributed by atoms with Crippen molar-refractivity contribution in [2.75, 3.05) is 39.3 Å². The third-order valence-electron chi connectivity index (χ3n) is 12.8. The molecule has 2 fully saturated rings. The number of hydrogen-bond acceptors (Lipinski definition) is 2. The van der Waals surface area contributed by atoms with E-state index >= 15 is 0 Å². The fourth-order valence-corrected chi connectivity index (χ4v) is 9.73. The van der Waals surface area contributed by atoms with Gasteiger partial charge in [0.25, 0.3) is 0 Å². The molecule has 5 aromatic rings. The molecular formula is C50H60N2. The van der Waals surface area contributed by atoms with E-state index in [4.69, 9.17) is 0 Å². The van der Waals surface area contributed by atoms with Gasteiger partial charge in [-0.05, 0) is 183 Å². The number of aryl methyl sites for hydroxylation is 2. The summed E-state index contributed by atoms with van der Waals surface area (Å²) >= 11 is 0. The first-order valence-corrected chi connectivity index (χ1v) is 21.0. The Balaban J connectivity index is 0.765. The monoisotopic (exact) mass is 688 g/mol. The molecule has 5 aromatic carbocycles. The van der Waals surface area contributed by atoms with Crippen LogP contribution in [0.15, 0.2) is 109 Å². The molecule has 1 aliphatic carbocycles. The zero-order valence-electron chi connectivity index (χ0n) is 31.6. The van der Waals surface area contributed by atoms with Crippen molar-refractivity contribution in [3.05, 3.63) is 131 Å². The molecule has 2 aliphatic heterocycles. The Morgan fingerprint density at radius 2 is 0.981 bits per heavy atom. The largest absolute Gasteiger partial charge is 0.303 e. The summed E-state index contributed by atoms with van der Waals surface area (Å²) in [5.74, 6) is 1.72. The molecule has 0 saturated carbocycles. The van der Waals surface area contributed by atoms with Gasteiger partial charge in [-0.25, -0.2) is 0 Å². The number of unbranched alkanes of at least 4 members (excludes halogenated alkanes) is 4. The predicted molar refractivity (Wildman–Crippen MR) is 222 cm³/mol. The summed E-state index contributed by atoms with van der Waals surface area (Å²) in [6.45, 7) is 7.68. The van der Waals surface area contributed by atoms with Gasteiger partial charge in [0.1, 0.15) is 0 Å². The minimum atomic E-state index is 0.861. The van der Waals surface area contributed by atoms with Crippen molar-refractivity contribution >= 4 is 10.8 Å². The SMILES string of the molecule is c1ccc(CC2CCN(CCCCCc3ccc4c(c3)-c3ccc(CCCCCN5CCC(Cc6ccccc6)CC5)c5cccc-4c35)CC2)cc1. The molecule has 0 bridgehead atoms. The van der Waals surface area contributed by atoms with Gasteiger partial charge in [-0.2, -0.15) is 0 Å². The number of hydrogen-bond donors (Lipinski definition) is 0. The predicted octanol–water partition coefficient (Wildman–Crippen LogP) is 11.8. The van der Waals surface area contributed by atoms with E-state index in [0.717, 1.165) is 11.8 Å². The van der Waals surface area contributed by atoms with Gasteiger partial charge in [0.05, 0.1) is 0 Å². The van der Waals surface area contributed by atoms with E-state index in [9.17, 15) is 0 Å². The molecule has 2 heterocycles. The van der Waals surface area contributed by atoms with Crippen molar-refractivity contribution in [1.29, 1.82) is 0 Å². The Bertz CT molecular complexity index is 1860. The first kappa shape index (κ1) is 35.3. The van der Waals surface area contributed by atoms with Crippen molar-refractivity contribution in [1.82, 2.24) is 9.80 Å². The van der Waals surface area contributed by atoms with Crippen LogP contribution in [0.1, 0.15) is 86.5 Å². The van der Waals surface area contributed by atoms with Crippen LogP contribution in [0.25, 0.3) is 33.0 Å². The Hall–Kier alpha value is -3.72. The number of piperidine rings is 2. The van der Waals surface area contributed by atoms with Crippen LogP contribution in [0.5, 0.6) is 0 Å². The number of rotatable bonds is 16. The molecule has 0 amide bonds. The summed E-state index contributed by atoms with van der Waals surface area (Å²) in [7, 11) is 0. The molecule has 8 rings (SSSR count). The highest BCUT2D eigenvalue weighted by atomic mass is 15.1. The fourth-order valence-electron chi connectivity index (χ4n) is 9.73. The zero-order valence-corrected chi connectivity index (χ0v) is 31.6. The Morgan fingerprint density at radius 1 is 0.423 bits per heavy atom. The van der Waals surface area contributed by atoms with Crippen LogP contribution in [0, 0.1) is 11.8 Å². The molecule has 0 atom stereocenters. The van der Waals surface area contributed by atoms with Crippen LogP contribution in [-0.4, -0.2) is 49.1 Å². The van der Waals surface area contributed by atoms with E-state index in [1.807, 2.05) is 0 Å². The molecule has 52 heavy (non-hydrogen) atoms. The van der Waals surface area contributed by atoms with Gasteiger partial charge in [-0.1, -0.05) is 122 Å². The maximum Gasteiger partial charge on any atom is -0.00160 e. The lowest BCUT2D eigenvalue weighted by Crippen LogP contribution is -2.35. The average molecular weight is 689 g/mol. The lowest BCUT2D eigenvalue weighted by atomic mass is 9.90. The van der Waals surface area contributed by atoms with Crippen molar-refractivity contribution in [3.8, 4) is 22.3 Å². The Labute approximate surface area is 314 Å². The van der Waals surface area contributed by atoms with Crippen molar-refractivity contribution < 1.29 is 0 Å². The van der Waals surface area contributed by atoms with Crippen LogP contribution in [0.3, 0.4) is 0 Å². The molecule has 2 heteroatoms. The molecule has 270 valence electrons. The van der Waals surface area contributed by atoms with E-state index in [0.29, 0.717) is 0 Å². The number of fused-ring (bicyclic) bond motifs is 3. The van der Waals surface area contributed by atoms with Gasteiger partial charge in [-0.3, -0.25) is 0 Å². The van der Waals surface area contributed by atoms with Crippen LogP contribution >= 0.6 is 0 Å². The quantitative estimate of drug-likeness (QED) is 0.0934. The van der Waals surface area contributed by atoms with Crippen LogP contribution in [0.4, 0.5) is 0 Å². The maximum absolute atomic E-state index is 2.73. The van der Waals surface area contributed by atoms with E-state index in [2.05, 4.69) is 119 Å². The third-order valence-corrected chi connectivity index (χ3v) is 12.8. The molecule has 2 nitrogen and oxygen atoms in total. The highest BCUT2D eigenvalue weighted by Gasteiger charge is 2.23. The lowest BCUT2D eigenvalue weighted by molar-refractivity contribution is 0.181. The Kier molecular flexibility index (Phi) is 11.8. The minimum absolute atomic E-state index is 0.861. The average Bonchev–Trinajstić information content (AvgIpc) is 3.51. The second kappa shape index (κ2) is 17.4. The first-order valence-electron chi connectivity index (χ1n) is 21.0. The fraction of sp³-hybridized carbons (Fsp3) is 0.440. The van der Waals surface area contributed by atoms with Gasteiger partial charge < -0.3 is 9.80 Å². The summed E-state index contributed by atoms with van der Waals surface area (Å²) in [5.41, 5.74) is 11.9. The number of benzene rings is 5. The highest BCUT2D eigenvalue weighted by Crippen LogP contribution is 2.48. The van der Waals surface area contributed by atoms with Gasteiger partial charge in [0.2, 0.25) is 0 Å². The smallest absolute Gasteiger partial charge is 0.00160 e. The van der Waals surface area contributed by atoms with Crippen molar-refractivity contribution in [2.24, 2.45) is 11.8 Å². The second-order valence-electron chi connectivity index (χ2n) is 16.5. The van der Waals surface area contributed by atoms with Gasteiger partial charge in [0, 0.05) is 0 Å². The van der Waals surface area contributed by atoms with E-state index in [1.165, 1.54) is 184 Å². The van der Waals surface area contributed by atoms with Crippen LogP contribution in [0.2, 0.25) is 0 Å². The summed E-state index contributed by atoms with van der Waals surface area (Å²) in [4.78, 5) is 5.45. The van der Waals surface area contributed by atoms with Crippen molar-refractivity contribution in [3.63, 3.8) is 0 Å².